The first-order valence-electron chi connectivity index (χ1n) is 3.96. The lowest BCUT2D eigenvalue weighted by Gasteiger charge is -2.09. The molecule has 1 aliphatic rings. The minimum absolute atomic E-state index is 0.0593. The van der Waals surface area contributed by atoms with Crippen LogP contribution in [0.25, 0.3) is 0 Å². The first-order chi connectivity index (χ1) is 7.09. The number of carbonyl (C=O) groups excluding carboxylic acids is 1. The number of benzene rings is 1. The first kappa shape index (κ1) is 10.4. The van der Waals surface area contributed by atoms with Crippen LogP contribution >= 0.6 is 11.9 Å². The van der Waals surface area contributed by atoms with E-state index in [2.05, 4.69) is 0 Å². The van der Waals surface area contributed by atoms with Gasteiger partial charge in [-0.05, 0) is 12.1 Å². The molecule has 4 nitrogen and oxygen atoms in total. The maximum atomic E-state index is 12.1. The van der Waals surface area contributed by atoms with Gasteiger partial charge in [0.25, 0.3) is 15.9 Å². The molecule has 0 fully saturated rings. The fourth-order valence-electron chi connectivity index (χ4n) is 1.34. The van der Waals surface area contributed by atoms with Crippen LogP contribution in [-0.2, 0) is 10.0 Å². The predicted molar refractivity (Wildman–Crippen MR) is 53.4 cm³/mol. The molecule has 1 aliphatic heterocycles. The van der Waals surface area contributed by atoms with Crippen LogP contribution < -0.4 is 0 Å². The second-order valence-corrected chi connectivity index (χ2v) is 5.60. The number of nitrogens with zero attached hydrogens (tertiary/aromatic N) is 1. The van der Waals surface area contributed by atoms with E-state index in [4.69, 9.17) is 0 Å². The Kier molecular flexibility index (Phi) is 2.43. The van der Waals surface area contributed by atoms with Gasteiger partial charge in [0.2, 0.25) is 0 Å². The summed E-state index contributed by atoms with van der Waals surface area (Å²) in [7, 11) is -3.85. The van der Waals surface area contributed by atoms with E-state index in [0.29, 0.717) is 15.7 Å². The molecule has 80 valence electrons. The van der Waals surface area contributed by atoms with Crippen molar-refractivity contribution < 1.29 is 17.6 Å². The van der Waals surface area contributed by atoms with Gasteiger partial charge in [0.15, 0.2) is 6.01 Å². The maximum absolute atomic E-state index is 12.1. The van der Waals surface area contributed by atoms with Crippen molar-refractivity contribution in [2.45, 2.75) is 4.90 Å². The van der Waals surface area contributed by atoms with Crippen LogP contribution in [0.15, 0.2) is 29.2 Å². The standard InChI is InChI=1S/C8H6FNO3S2/c9-5-14-10-8(11)6-3-1-2-4-7(6)15(10,12)13/h1-4H,5H2. The third-order valence-corrected chi connectivity index (χ3v) is 4.86. The number of rotatable bonds is 2. The molecule has 7 heteroatoms. The van der Waals surface area contributed by atoms with Crippen LogP contribution in [0.1, 0.15) is 10.4 Å². The minimum atomic E-state index is -3.85. The van der Waals surface area contributed by atoms with E-state index in [0.717, 1.165) is 0 Å². The second kappa shape index (κ2) is 3.49. The highest BCUT2D eigenvalue weighted by Gasteiger charge is 2.41. The monoisotopic (exact) mass is 247 g/mol. The van der Waals surface area contributed by atoms with E-state index in [1.807, 2.05) is 0 Å². The molecule has 1 amide bonds. The normalized spacial score (nSPS) is 17.9. The molecule has 0 atom stereocenters. The number of sulfonamides is 1. The van der Waals surface area contributed by atoms with Gasteiger partial charge in [-0.3, -0.25) is 4.79 Å². The molecular formula is C8H6FNO3S2. The fraction of sp³-hybridized carbons (Fsp3) is 0.125. The molecule has 0 unspecified atom stereocenters. The van der Waals surface area contributed by atoms with Crippen LogP contribution in [-0.4, -0.2) is 24.0 Å². The molecule has 0 saturated heterocycles. The zero-order valence-corrected chi connectivity index (χ0v) is 9.02. The summed E-state index contributed by atoms with van der Waals surface area (Å²) in [6, 6.07) is 4.87. The summed E-state index contributed by atoms with van der Waals surface area (Å²) in [6.45, 7) is 0. The lowest BCUT2D eigenvalue weighted by molar-refractivity contribution is 0.0934. The number of alkyl halides is 1. The number of hydrogen-bond acceptors (Lipinski definition) is 4. The average Bonchev–Trinajstić information content (AvgIpc) is 2.41. The highest BCUT2D eigenvalue weighted by molar-refractivity contribution is 8.09. The third kappa shape index (κ3) is 1.42. The highest BCUT2D eigenvalue weighted by Crippen LogP contribution is 2.34. The molecule has 0 aliphatic carbocycles. The molecular weight excluding hydrogens is 241 g/mol. The summed E-state index contributed by atoms with van der Waals surface area (Å²) in [4.78, 5) is 11.5. The number of halogens is 1. The molecule has 1 aromatic carbocycles. The van der Waals surface area contributed by atoms with Gasteiger partial charge in [0.05, 0.1) is 5.56 Å². The zero-order chi connectivity index (χ0) is 11.1. The van der Waals surface area contributed by atoms with Gasteiger partial charge in [0.1, 0.15) is 4.90 Å². The van der Waals surface area contributed by atoms with Crippen LogP contribution in [0.5, 0.6) is 0 Å². The van der Waals surface area contributed by atoms with E-state index in [1.54, 1.807) is 6.07 Å². The fourth-order valence-corrected chi connectivity index (χ4v) is 3.74. The van der Waals surface area contributed by atoms with Crippen molar-refractivity contribution in [3.05, 3.63) is 29.8 Å². The molecule has 0 N–H and O–H groups in total. The van der Waals surface area contributed by atoms with Gasteiger partial charge in [0, 0.05) is 11.9 Å². The molecule has 2 rings (SSSR count). The van der Waals surface area contributed by atoms with Crippen molar-refractivity contribution in [2.75, 3.05) is 6.01 Å². The molecule has 0 radical (unpaired) electrons. The molecule has 15 heavy (non-hydrogen) atoms. The van der Waals surface area contributed by atoms with E-state index in [-0.39, 0.29) is 10.5 Å². The van der Waals surface area contributed by atoms with Crippen molar-refractivity contribution in [3.8, 4) is 0 Å². The Morgan fingerprint density at radius 2 is 2.00 bits per heavy atom. The smallest absolute Gasteiger partial charge is 0.267 e. The number of amides is 1. The largest absolute Gasteiger partial charge is 0.279 e. The lowest BCUT2D eigenvalue weighted by atomic mass is 10.2. The molecule has 0 spiro atoms. The van der Waals surface area contributed by atoms with Crippen molar-refractivity contribution in [1.29, 1.82) is 0 Å². The molecule has 1 heterocycles. The Labute approximate surface area is 90.3 Å². The summed E-state index contributed by atoms with van der Waals surface area (Å²) in [5.41, 5.74) is 0.0958. The van der Waals surface area contributed by atoms with Crippen LogP contribution in [0, 0.1) is 0 Å². The topological polar surface area (TPSA) is 54.5 Å². The summed E-state index contributed by atoms with van der Waals surface area (Å²) in [6.07, 6.45) is 0. The van der Waals surface area contributed by atoms with Gasteiger partial charge >= 0.3 is 0 Å². The average molecular weight is 247 g/mol. The lowest BCUT2D eigenvalue weighted by Crippen LogP contribution is -2.22. The molecule has 0 aromatic heterocycles. The third-order valence-electron chi connectivity index (χ3n) is 1.95. The maximum Gasteiger partial charge on any atom is 0.279 e. The first-order valence-corrected chi connectivity index (χ1v) is 6.35. The van der Waals surface area contributed by atoms with Crippen molar-refractivity contribution in [3.63, 3.8) is 0 Å². The quantitative estimate of drug-likeness (QED) is 0.741. The van der Waals surface area contributed by atoms with Gasteiger partial charge in [-0.2, -0.15) is 3.71 Å². The van der Waals surface area contributed by atoms with Crippen molar-refractivity contribution in [2.24, 2.45) is 0 Å². The van der Waals surface area contributed by atoms with Gasteiger partial charge in [-0.15, -0.1) is 0 Å². The summed E-state index contributed by atoms with van der Waals surface area (Å²) >= 11 is 0.340. The van der Waals surface area contributed by atoms with Crippen LogP contribution in [0.2, 0.25) is 0 Å². The SMILES string of the molecule is O=C1c2ccccc2S(=O)(=O)N1SCF. The Balaban J connectivity index is 2.60. The van der Waals surface area contributed by atoms with E-state index in [1.165, 1.54) is 18.2 Å². The Morgan fingerprint density at radius 3 is 2.60 bits per heavy atom. The van der Waals surface area contributed by atoms with Crippen LogP contribution in [0.3, 0.4) is 0 Å². The molecule has 0 saturated carbocycles. The highest BCUT2D eigenvalue weighted by atomic mass is 32.3. The van der Waals surface area contributed by atoms with Crippen molar-refractivity contribution in [1.82, 2.24) is 3.71 Å². The molecule has 1 aromatic rings. The number of hydrogen-bond donors (Lipinski definition) is 0. The Hall–Kier alpha value is -1.08. The Morgan fingerprint density at radius 1 is 1.33 bits per heavy atom. The van der Waals surface area contributed by atoms with Gasteiger partial charge in [-0.25, -0.2) is 12.8 Å². The predicted octanol–water partition coefficient (Wildman–Crippen LogP) is 1.41. The van der Waals surface area contributed by atoms with Crippen LogP contribution in [0.4, 0.5) is 4.39 Å². The number of fused-ring (bicyclic) bond motifs is 1. The van der Waals surface area contributed by atoms with E-state index < -0.39 is 21.9 Å². The van der Waals surface area contributed by atoms with Gasteiger partial charge in [-0.1, -0.05) is 12.1 Å². The molecule has 0 bridgehead atoms. The minimum Gasteiger partial charge on any atom is -0.267 e. The van der Waals surface area contributed by atoms with Crippen molar-refractivity contribution >= 4 is 27.9 Å². The zero-order valence-electron chi connectivity index (χ0n) is 7.38. The number of carbonyl (C=O) groups is 1. The summed E-state index contributed by atoms with van der Waals surface area (Å²) < 4.78 is 36.0. The van der Waals surface area contributed by atoms with E-state index in [9.17, 15) is 17.6 Å². The Bertz CT molecular complexity index is 514. The van der Waals surface area contributed by atoms with E-state index >= 15 is 0 Å². The summed E-state index contributed by atoms with van der Waals surface area (Å²) in [5, 5.41) is 0. The second-order valence-electron chi connectivity index (χ2n) is 2.77. The van der Waals surface area contributed by atoms with Gasteiger partial charge < -0.3 is 0 Å². The summed E-state index contributed by atoms with van der Waals surface area (Å²) in [5.74, 6) is -0.687.